The van der Waals surface area contributed by atoms with Gasteiger partial charge in [-0.1, -0.05) is 6.07 Å². The van der Waals surface area contributed by atoms with Gasteiger partial charge in [-0.2, -0.15) is 0 Å². The van der Waals surface area contributed by atoms with Crippen molar-refractivity contribution in [2.45, 2.75) is 16.6 Å². The molecule has 1 unspecified atom stereocenters. The number of rotatable bonds is 3. The molecule has 14 heavy (non-hydrogen) atoms. The van der Waals surface area contributed by atoms with Crippen molar-refractivity contribution >= 4 is 11.8 Å². The van der Waals surface area contributed by atoms with Crippen molar-refractivity contribution in [3.8, 4) is 5.75 Å². The van der Waals surface area contributed by atoms with Gasteiger partial charge in [0.25, 0.3) is 0 Å². The predicted molar refractivity (Wildman–Crippen MR) is 60.1 cm³/mol. The zero-order valence-corrected chi connectivity index (χ0v) is 9.14. The zero-order chi connectivity index (χ0) is 9.80. The van der Waals surface area contributed by atoms with Crippen LogP contribution in [0.4, 0.5) is 0 Å². The van der Waals surface area contributed by atoms with E-state index in [1.165, 1.54) is 11.3 Å². The second kappa shape index (κ2) is 4.71. The molecule has 1 aromatic carbocycles. The minimum absolute atomic E-state index is 0.724. The third-order valence-electron chi connectivity index (χ3n) is 2.36. The first-order chi connectivity index (χ1) is 6.88. The van der Waals surface area contributed by atoms with Crippen LogP contribution >= 0.6 is 11.8 Å². The Morgan fingerprint density at radius 3 is 3.14 bits per heavy atom. The number of nitrogens with one attached hydrogen (secondary N) is 1. The molecule has 1 fully saturated rings. The molecule has 1 aliphatic heterocycles. The van der Waals surface area contributed by atoms with E-state index in [4.69, 9.17) is 4.74 Å². The second-order valence-corrected chi connectivity index (χ2v) is 4.79. The molecular weight excluding hydrogens is 194 g/mol. The Balaban J connectivity index is 2.00. The number of benzene rings is 1. The summed E-state index contributed by atoms with van der Waals surface area (Å²) < 4.78 is 5.19. The SMILES string of the molecule is COc1cccc(SC2CCNC2)c1. The minimum atomic E-state index is 0.724. The molecular formula is C11H15NOS. The van der Waals surface area contributed by atoms with Crippen LogP contribution in [0.3, 0.4) is 0 Å². The van der Waals surface area contributed by atoms with Gasteiger partial charge in [-0.05, 0) is 31.2 Å². The van der Waals surface area contributed by atoms with Crippen molar-refractivity contribution in [3.63, 3.8) is 0 Å². The maximum absolute atomic E-state index is 5.19. The van der Waals surface area contributed by atoms with Crippen molar-refractivity contribution in [1.82, 2.24) is 5.32 Å². The highest BCUT2D eigenvalue weighted by Gasteiger charge is 2.15. The summed E-state index contributed by atoms with van der Waals surface area (Å²) in [5.74, 6) is 0.945. The Kier molecular flexibility index (Phi) is 3.32. The normalized spacial score (nSPS) is 21.1. The lowest BCUT2D eigenvalue weighted by atomic mass is 10.3. The van der Waals surface area contributed by atoms with E-state index in [-0.39, 0.29) is 0 Å². The molecule has 3 heteroatoms. The quantitative estimate of drug-likeness (QED) is 0.824. The Morgan fingerprint density at radius 1 is 1.50 bits per heavy atom. The molecule has 1 aliphatic rings. The topological polar surface area (TPSA) is 21.3 Å². The van der Waals surface area contributed by atoms with Gasteiger partial charge in [-0.3, -0.25) is 0 Å². The maximum atomic E-state index is 5.19. The summed E-state index contributed by atoms with van der Waals surface area (Å²) in [5.41, 5.74) is 0. The molecule has 1 saturated heterocycles. The second-order valence-electron chi connectivity index (χ2n) is 3.41. The molecule has 1 heterocycles. The van der Waals surface area contributed by atoms with Gasteiger partial charge in [0.1, 0.15) is 5.75 Å². The van der Waals surface area contributed by atoms with Gasteiger partial charge in [0.15, 0.2) is 0 Å². The van der Waals surface area contributed by atoms with Gasteiger partial charge in [0.2, 0.25) is 0 Å². The average Bonchev–Trinajstić information content (AvgIpc) is 2.71. The summed E-state index contributed by atoms with van der Waals surface area (Å²) in [7, 11) is 1.71. The number of thioether (sulfide) groups is 1. The molecule has 0 bridgehead atoms. The summed E-state index contributed by atoms with van der Waals surface area (Å²) in [4.78, 5) is 1.30. The van der Waals surface area contributed by atoms with E-state index in [1.54, 1.807) is 7.11 Å². The number of hydrogen-bond donors (Lipinski definition) is 1. The zero-order valence-electron chi connectivity index (χ0n) is 8.32. The highest BCUT2D eigenvalue weighted by atomic mass is 32.2. The lowest BCUT2D eigenvalue weighted by Gasteiger charge is -2.08. The van der Waals surface area contributed by atoms with E-state index in [0.29, 0.717) is 0 Å². The van der Waals surface area contributed by atoms with E-state index in [9.17, 15) is 0 Å². The van der Waals surface area contributed by atoms with E-state index in [0.717, 1.165) is 24.1 Å². The van der Waals surface area contributed by atoms with Gasteiger partial charge in [-0.15, -0.1) is 11.8 Å². The van der Waals surface area contributed by atoms with Crippen LogP contribution in [-0.2, 0) is 0 Å². The maximum Gasteiger partial charge on any atom is 0.119 e. The lowest BCUT2D eigenvalue weighted by Crippen LogP contribution is -2.09. The van der Waals surface area contributed by atoms with E-state index in [2.05, 4.69) is 17.4 Å². The van der Waals surface area contributed by atoms with E-state index >= 15 is 0 Å². The molecule has 0 aromatic heterocycles. The smallest absolute Gasteiger partial charge is 0.119 e. The van der Waals surface area contributed by atoms with Gasteiger partial charge in [0.05, 0.1) is 7.11 Å². The highest BCUT2D eigenvalue weighted by molar-refractivity contribution is 8.00. The van der Waals surface area contributed by atoms with Crippen LogP contribution in [0.15, 0.2) is 29.2 Å². The monoisotopic (exact) mass is 209 g/mol. The first-order valence-electron chi connectivity index (χ1n) is 4.90. The van der Waals surface area contributed by atoms with Crippen molar-refractivity contribution < 1.29 is 4.74 Å². The molecule has 0 saturated carbocycles. The van der Waals surface area contributed by atoms with Gasteiger partial charge < -0.3 is 10.1 Å². The summed E-state index contributed by atoms with van der Waals surface area (Å²) in [6, 6.07) is 8.27. The summed E-state index contributed by atoms with van der Waals surface area (Å²) in [6.45, 7) is 2.28. The molecule has 76 valence electrons. The Morgan fingerprint density at radius 2 is 2.43 bits per heavy atom. The minimum Gasteiger partial charge on any atom is -0.497 e. The fourth-order valence-electron chi connectivity index (χ4n) is 1.60. The summed E-state index contributed by atoms with van der Waals surface area (Å²) in [5, 5.41) is 4.09. The molecule has 0 amide bonds. The van der Waals surface area contributed by atoms with Gasteiger partial charge >= 0.3 is 0 Å². The highest BCUT2D eigenvalue weighted by Crippen LogP contribution is 2.29. The Hall–Kier alpha value is -0.670. The molecule has 0 spiro atoms. The molecule has 2 rings (SSSR count). The fourth-order valence-corrected chi connectivity index (χ4v) is 2.76. The fraction of sp³-hybridized carbons (Fsp3) is 0.455. The van der Waals surface area contributed by atoms with Gasteiger partial charge in [0, 0.05) is 16.7 Å². The van der Waals surface area contributed by atoms with E-state index < -0.39 is 0 Å². The van der Waals surface area contributed by atoms with Crippen LogP contribution in [0.25, 0.3) is 0 Å². The molecule has 1 aromatic rings. The van der Waals surface area contributed by atoms with Gasteiger partial charge in [-0.25, -0.2) is 0 Å². The van der Waals surface area contributed by atoms with Crippen LogP contribution in [0.2, 0.25) is 0 Å². The molecule has 0 aliphatic carbocycles. The van der Waals surface area contributed by atoms with Crippen LogP contribution < -0.4 is 10.1 Å². The molecule has 0 radical (unpaired) electrons. The third kappa shape index (κ3) is 2.42. The standard InChI is InChI=1S/C11H15NOS/c1-13-9-3-2-4-10(7-9)14-11-5-6-12-8-11/h2-4,7,11-12H,5-6,8H2,1H3. The Labute approximate surface area is 89.0 Å². The average molecular weight is 209 g/mol. The van der Waals surface area contributed by atoms with Crippen molar-refractivity contribution in [3.05, 3.63) is 24.3 Å². The molecule has 1 N–H and O–H groups in total. The van der Waals surface area contributed by atoms with Crippen LogP contribution in [0.5, 0.6) is 5.75 Å². The van der Waals surface area contributed by atoms with Crippen molar-refractivity contribution in [1.29, 1.82) is 0 Å². The summed E-state index contributed by atoms with van der Waals surface area (Å²) >= 11 is 1.94. The van der Waals surface area contributed by atoms with Crippen LogP contribution in [0.1, 0.15) is 6.42 Å². The first-order valence-corrected chi connectivity index (χ1v) is 5.78. The molecule has 2 nitrogen and oxygen atoms in total. The number of ether oxygens (including phenoxy) is 1. The lowest BCUT2D eigenvalue weighted by molar-refractivity contribution is 0.413. The Bertz CT molecular complexity index is 297. The summed E-state index contributed by atoms with van der Waals surface area (Å²) in [6.07, 6.45) is 1.27. The first kappa shape index (κ1) is 9.87. The number of methoxy groups -OCH3 is 1. The predicted octanol–water partition coefficient (Wildman–Crippen LogP) is 2.15. The molecule has 1 atom stereocenters. The number of hydrogen-bond acceptors (Lipinski definition) is 3. The van der Waals surface area contributed by atoms with E-state index in [1.807, 2.05) is 23.9 Å². The van der Waals surface area contributed by atoms with Crippen molar-refractivity contribution in [2.75, 3.05) is 20.2 Å². The largest absolute Gasteiger partial charge is 0.497 e. The third-order valence-corrected chi connectivity index (χ3v) is 3.62. The van der Waals surface area contributed by atoms with Crippen LogP contribution in [-0.4, -0.2) is 25.4 Å². The van der Waals surface area contributed by atoms with Crippen LogP contribution in [0, 0.1) is 0 Å². The van der Waals surface area contributed by atoms with Crippen molar-refractivity contribution in [2.24, 2.45) is 0 Å².